The summed E-state index contributed by atoms with van der Waals surface area (Å²) >= 11 is 0. The normalized spacial score (nSPS) is 21.2. The van der Waals surface area contributed by atoms with E-state index in [0.717, 1.165) is 43.8 Å². The SMILES string of the molecule is COc1cc(C#N)ccc1CN1CCCC(C(C)O)C1. The Bertz CT molecular complexity index is 494. The molecular formula is C16H22N2O2. The quantitative estimate of drug-likeness (QED) is 0.914. The fourth-order valence-corrected chi connectivity index (χ4v) is 2.81. The molecule has 2 rings (SSSR count). The van der Waals surface area contributed by atoms with E-state index in [4.69, 9.17) is 10.00 Å². The summed E-state index contributed by atoms with van der Waals surface area (Å²) in [6, 6.07) is 7.70. The Morgan fingerprint density at radius 1 is 1.55 bits per heavy atom. The minimum Gasteiger partial charge on any atom is -0.496 e. The fourth-order valence-electron chi connectivity index (χ4n) is 2.81. The van der Waals surface area contributed by atoms with Crippen molar-refractivity contribution in [1.29, 1.82) is 5.26 Å². The number of aliphatic hydroxyl groups excluding tert-OH is 1. The molecule has 0 radical (unpaired) electrons. The van der Waals surface area contributed by atoms with Crippen molar-refractivity contribution in [2.75, 3.05) is 20.2 Å². The molecule has 1 saturated heterocycles. The van der Waals surface area contributed by atoms with Gasteiger partial charge in [-0.1, -0.05) is 6.07 Å². The molecule has 1 heterocycles. The molecule has 1 aromatic rings. The number of nitriles is 1. The third-order valence-electron chi connectivity index (χ3n) is 4.03. The first-order valence-corrected chi connectivity index (χ1v) is 7.11. The number of hydrogen-bond donors (Lipinski definition) is 1. The Kier molecular flexibility index (Phi) is 4.99. The first-order valence-electron chi connectivity index (χ1n) is 7.11. The number of rotatable bonds is 4. The molecule has 0 amide bonds. The van der Waals surface area contributed by atoms with Gasteiger partial charge in [0.25, 0.3) is 0 Å². The Morgan fingerprint density at radius 3 is 3.00 bits per heavy atom. The van der Waals surface area contributed by atoms with E-state index < -0.39 is 0 Å². The molecule has 2 unspecified atom stereocenters. The molecule has 0 bridgehead atoms. The van der Waals surface area contributed by atoms with Crippen molar-refractivity contribution in [3.05, 3.63) is 29.3 Å². The highest BCUT2D eigenvalue weighted by Crippen LogP contribution is 2.25. The predicted octanol–water partition coefficient (Wildman–Crippen LogP) is 2.16. The highest BCUT2D eigenvalue weighted by atomic mass is 16.5. The summed E-state index contributed by atoms with van der Waals surface area (Å²) in [6.45, 7) is 4.64. The Morgan fingerprint density at radius 2 is 2.35 bits per heavy atom. The van der Waals surface area contributed by atoms with Gasteiger partial charge in [-0.05, 0) is 44.4 Å². The van der Waals surface area contributed by atoms with Crippen LogP contribution in [-0.4, -0.2) is 36.3 Å². The van der Waals surface area contributed by atoms with Gasteiger partial charge in [0, 0.05) is 18.7 Å². The van der Waals surface area contributed by atoms with Crippen LogP contribution in [0.3, 0.4) is 0 Å². The number of methoxy groups -OCH3 is 1. The van der Waals surface area contributed by atoms with E-state index in [9.17, 15) is 5.11 Å². The zero-order valence-electron chi connectivity index (χ0n) is 12.2. The van der Waals surface area contributed by atoms with Crippen LogP contribution in [0.1, 0.15) is 30.9 Å². The second kappa shape index (κ2) is 6.74. The lowest BCUT2D eigenvalue weighted by atomic mass is 9.93. The van der Waals surface area contributed by atoms with Gasteiger partial charge in [-0.25, -0.2) is 0 Å². The summed E-state index contributed by atoms with van der Waals surface area (Å²) in [5.74, 6) is 1.12. The predicted molar refractivity (Wildman–Crippen MR) is 77.4 cm³/mol. The largest absolute Gasteiger partial charge is 0.496 e. The third kappa shape index (κ3) is 3.50. The van der Waals surface area contributed by atoms with E-state index >= 15 is 0 Å². The minimum absolute atomic E-state index is 0.249. The monoisotopic (exact) mass is 274 g/mol. The molecule has 20 heavy (non-hydrogen) atoms. The van der Waals surface area contributed by atoms with Gasteiger partial charge in [0.15, 0.2) is 0 Å². The molecule has 1 aliphatic rings. The van der Waals surface area contributed by atoms with Gasteiger partial charge < -0.3 is 9.84 Å². The van der Waals surface area contributed by atoms with Crippen LogP contribution >= 0.6 is 0 Å². The first-order chi connectivity index (χ1) is 9.63. The highest BCUT2D eigenvalue weighted by molar-refractivity contribution is 5.42. The van der Waals surface area contributed by atoms with Crippen LogP contribution in [-0.2, 0) is 6.54 Å². The Hall–Kier alpha value is -1.57. The van der Waals surface area contributed by atoms with Gasteiger partial charge in [-0.15, -0.1) is 0 Å². The van der Waals surface area contributed by atoms with Crippen molar-refractivity contribution in [2.45, 2.75) is 32.4 Å². The number of hydrogen-bond acceptors (Lipinski definition) is 4. The van der Waals surface area contributed by atoms with Crippen molar-refractivity contribution < 1.29 is 9.84 Å². The molecule has 1 aromatic carbocycles. The van der Waals surface area contributed by atoms with Crippen LogP contribution < -0.4 is 4.74 Å². The number of nitrogens with zero attached hydrogens (tertiary/aromatic N) is 2. The standard InChI is InChI=1S/C16H22N2O2/c1-12(19)14-4-3-7-18(10-14)11-15-6-5-13(9-17)8-16(15)20-2/h5-6,8,12,14,19H,3-4,7,10-11H2,1-2H3. The maximum Gasteiger partial charge on any atom is 0.124 e. The summed E-state index contributed by atoms with van der Waals surface area (Å²) < 4.78 is 5.38. The molecule has 4 heteroatoms. The van der Waals surface area contributed by atoms with Gasteiger partial charge in [-0.3, -0.25) is 4.90 Å². The van der Waals surface area contributed by atoms with Crippen LogP contribution in [0.25, 0.3) is 0 Å². The topological polar surface area (TPSA) is 56.5 Å². The zero-order valence-corrected chi connectivity index (χ0v) is 12.2. The number of ether oxygens (including phenoxy) is 1. The molecule has 1 N–H and O–H groups in total. The van der Waals surface area contributed by atoms with Crippen LogP contribution in [0, 0.1) is 17.2 Å². The molecule has 1 fully saturated rings. The first kappa shape index (κ1) is 14.8. The van der Waals surface area contributed by atoms with Gasteiger partial charge in [0.1, 0.15) is 5.75 Å². The lowest BCUT2D eigenvalue weighted by Gasteiger charge is -2.34. The van der Waals surface area contributed by atoms with E-state index in [2.05, 4.69) is 11.0 Å². The summed E-state index contributed by atoms with van der Waals surface area (Å²) in [5.41, 5.74) is 1.71. The van der Waals surface area contributed by atoms with Gasteiger partial charge >= 0.3 is 0 Å². The van der Waals surface area contributed by atoms with Gasteiger partial charge in [0.2, 0.25) is 0 Å². The number of piperidine rings is 1. The number of likely N-dealkylation sites (tertiary alicyclic amines) is 1. The van der Waals surface area contributed by atoms with Crippen molar-refractivity contribution in [3.63, 3.8) is 0 Å². The van der Waals surface area contributed by atoms with E-state index in [1.165, 1.54) is 0 Å². The third-order valence-corrected chi connectivity index (χ3v) is 4.03. The molecule has 2 atom stereocenters. The smallest absolute Gasteiger partial charge is 0.124 e. The average Bonchev–Trinajstić information content (AvgIpc) is 2.48. The molecule has 0 saturated carbocycles. The van der Waals surface area contributed by atoms with Crippen LogP contribution in [0.15, 0.2) is 18.2 Å². The molecule has 4 nitrogen and oxygen atoms in total. The maximum atomic E-state index is 9.74. The van der Waals surface area contributed by atoms with Crippen molar-refractivity contribution in [1.82, 2.24) is 4.90 Å². The average molecular weight is 274 g/mol. The zero-order chi connectivity index (χ0) is 14.5. The summed E-state index contributed by atoms with van der Waals surface area (Å²) in [4.78, 5) is 2.35. The Labute approximate surface area is 120 Å². The second-order valence-electron chi connectivity index (χ2n) is 5.52. The van der Waals surface area contributed by atoms with Gasteiger partial charge in [0.05, 0.1) is 24.8 Å². The van der Waals surface area contributed by atoms with E-state index in [0.29, 0.717) is 11.5 Å². The van der Waals surface area contributed by atoms with Gasteiger partial charge in [-0.2, -0.15) is 5.26 Å². The molecule has 1 aliphatic heterocycles. The fraction of sp³-hybridized carbons (Fsp3) is 0.562. The number of aliphatic hydroxyl groups is 1. The Balaban J connectivity index is 2.08. The lowest BCUT2D eigenvalue weighted by Crippen LogP contribution is -2.39. The summed E-state index contributed by atoms with van der Waals surface area (Å²) in [6.07, 6.45) is 1.97. The van der Waals surface area contributed by atoms with Crippen LogP contribution in [0.5, 0.6) is 5.75 Å². The molecule has 108 valence electrons. The molecule has 0 aromatic heterocycles. The maximum absolute atomic E-state index is 9.74. The molecule has 0 aliphatic carbocycles. The second-order valence-corrected chi connectivity index (χ2v) is 5.52. The van der Waals surface area contributed by atoms with Crippen molar-refractivity contribution in [3.8, 4) is 11.8 Å². The van der Waals surface area contributed by atoms with Crippen molar-refractivity contribution in [2.24, 2.45) is 5.92 Å². The molecular weight excluding hydrogens is 252 g/mol. The summed E-state index contributed by atoms with van der Waals surface area (Å²) in [7, 11) is 1.63. The van der Waals surface area contributed by atoms with E-state index in [-0.39, 0.29) is 6.10 Å². The van der Waals surface area contributed by atoms with Crippen molar-refractivity contribution >= 4 is 0 Å². The summed E-state index contributed by atoms with van der Waals surface area (Å²) in [5, 5.41) is 18.7. The van der Waals surface area contributed by atoms with E-state index in [1.54, 1.807) is 13.2 Å². The minimum atomic E-state index is -0.249. The number of benzene rings is 1. The van der Waals surface area contributed by atoms with Crippen LogP contribution in [0.2, 0.25) is 0 Å². The lowest BCUT2D eigenvalue weighted by molar-refractivity contribution is 0.0596. The molecule has 0 spiro atoms. The highest BCUT2D eigenvalue weighted by Gasteiger charge is 2.24. The van der Waals surface area contributed by atoms with Crippen LogP contribution in [0.4, 0.5) is 0 Å². The van der Waals surface area contributed by atoms with E-state index in [1.807, 2.05) is 19.1 Å².